The van der Waals surface area contributed by atoms with E-state index in [4.69, 9.17) is 4.74 Å². The van der Waals surface area contributed by atoms with Gasteiger partial charge in [0.05, 0.1) is 19.1 Å². The molecule has 0 aliphatic carbocycles. The number of thioether (sulfide) groups is 1. The molecule has 37 heavy (non-hydrogen) atoms. The lowest BCUT2D eigenvalue weighted by molar-refractivity contribution is -0.118. The number of aromatic nitrogens is 3. The molecule has 1 heterocycles. The maximum atomic E-state index is 13.7. The van der Waals surface area contributed by atoms with Gasteiger partial charge in [-0.3, -0.25) is 9.36 Å². The van der Waals surface area contributed by atoms with Crippen molar-refractivity contribution in [2.75, 3.05) is 12.9 Å². The zero-order chi connectivity index (χ0) is 26.4. The molecular formula is C28H28FN5O2S. The van der Waals surface area contributed by atoms with Crippen molar-refractivity contribution >= 4 is 23.9 Å². The molecule has 7 nitrogen and oxygen atoms in total. The zero-order valence-corrected chi connectivity index (χ0v) is 21.9. The van der Waals surface area contributed by atoms with Crippen molar-refractivity contribution in [3.05, 3.63) is 89.7 Å². The first-order valence-electron chi connectivity index (χ1n) is 11.7. The molecule has 0 atom stereocenters. The van der Waals surface area contributed by atoms with E-state index in [0.29, 0.717) is 11.0 Å². The number of carbonyl (C=O) groups is 1. The molecule has 1 N–H and O–H groups in total. The molecule has 0 radical (unpaired) electrons. The number of hydrogen-bond donors (Lipinski definition) is 1. The molecule has 0 aliphatic heterocycles. The normalized spacial score (nSPS) is 11.6. The molecule has 0 aliphatic rings. The van der Waals surface area contributed by atoms with E-state index in [1.54, 1.807) is 25.3 Å². The van der Waals surface area contributed by atoms with E-state index in [1.165, 1.54) is 29.6 Å². The summed E-state index contributed by atoms with van der Waals surface area (Å²) >= 11 is 1.23. The van der Waals surface area contributed by atoms with Crippen molar-refractivity contribution in [1.29, 1.82) is 0 Å². The summed E-state index contributed by atoms with van der Waals surface area (Å²) in [7, 11) is 1.62. The largest absolute Gasteiger partial charge is 0.497 e. The Bertz CT molecular complexity index is 1390. The van der Waals surface area contributed by atoms with Crippen LogP contribution in [0, 0.1) is 5.82 Å². The van der Waals surface area contributed by atoms with Crippen LogP contribution in [-0.2, 0) is 10.2 Å². The number of amides is 1. The average molecular weight is 518 g/mol. The van der Waals surface area contributed by atoms with Crippen LogP contribution in [0.4, 0.5) is 4.39 Å². The van der Waals surface area contributed by atoms with Gasteiger partial charge in [0.25, 0.3) is 5.91 Å². The SMILES string of the molecule is COc1ccc(-n2c(SCC(=O)NN=Cc3ccccc3F)nnc2-c2ccc(C(C)(C)C)cc2)cc1. The highest BCUT2D eigenvalue weighted by Gasteiger charge is 2.19. The molecule has 0 bridgehead atoms. The highest BCUT2D eigenvalue weighted by Crippen LogP contribution is 2.30. The molecule has 1 aromatic heterocycles. The van der Waals surface area contributed by atoms with Crippen LogP contribution < -0.4 is 10.2 Å². The minimum atomic E-state index is -0.412. The molecule has 0 spiro atoms. The van der Waals surface area contributed by atoms with Gasteiger partial charge in [-0.05, 0) is 41.3 Å². The number of benzene rings is 3. The predicted molar refractivity (Wildman–Crippen MR) is 145 cm³/mol. The molecule has 4 rings (SSSR count). The quantitative estimate of drug-likeness (QED) is 0.186. The summed E-state index contributed by atoms with van der Waals surface area (Å²) in [5, 5.41) is 13.2. The van der Waals surface area contributed by atoms with E-state index in [2.05, 4.69) is 53.6 Å². The summed E-state index contributed by atoms with van der Waals surface area (Å²) in [4.78, 5) is 12.4. The van der Waals surface area contributed by atoms with Crippen molar-refractivity contribution < 1.29 is 13.9 Å². The van der Waals surface area contributed by atoms with Crippen LogP contribution in [-0.4, -0.2) is 39.7 Å². The molecule has 1 amide bonds. The number of methoxy groups -OCH3 is 1. The standard InChI is InChI=1S/C28H28FN5O2S/c1-28(2,3)21-11-9-19(10-12-21)26-32-33-27(34(26)22-13-15-23(36-4)16-14-22)37-18-25(35)31-30-17-20-7-5-6-8-24(20)29/h5-17H,18H2,1-4H3,(H,31,35). The maximum Gasteiger partial charge on any atom is 0.250 e. The van der Waals surface area contributed by atoms with Gasteiger partial charge in [-0.25, -0.2) is 9.82 Å². The second-order valence-electron chi connectivity index (χ2n) is 9.27. The zero-order valence-electron chi connectivity index (χ0n) is 21.1. The Hall–Kier alpha value is -3.98. The Morgan fingerprint density at radius 2 is 1.76 bits per heavy atom. The fourth-order valence-corrected chi connectivity index (χ4v) is 4.29. The van der Waals surface area contributed by atoms with Gasteiger partial charge in [0, 0.05) is 16.8 Å². The van der Waals surface area contributed by atoms with Gasteiger partial charge in [-0.15, -0.1) is 10.2 Å². The van der Waals surface area contributed by atoms with Gasteiger partial charge >= 0.3 is 0 Å². The van der Waals surface area contributed by atoms with Crippen LogP contribution in [0.15, 0.2) is 83.1 Å². The van der Waals surface area contributed by atoms with Gasteiger partial charge in [0.15, 0.2) is 11.0 Å². The molecule has 0 fully saturated rings. The molecule has 0 saturated carbocycles. The number of ether oxygens (including phenoxy) is 1. The Morgan fingerprint density at radius 3 is 2.41 bits per heavy atom. The van der Waals surface area contributed by atoms with Crippen molar-refractivity contribution in [3.8, 4) is 22.8 Å². The van der Waals surface area contributed by atoms with E-state index in [1.807, 2.05) is 41.0 Å². The van der Waals surface area contributed by atoms with Gasteiger partial charge in [-0.1, -0.05) is 75.0 Å². The summed E-state index contributed by atoms with van der Waals surface area (Å²) in [5.41, 5.74) is 5.71. The lowest BCUT2D eigenvalue weighted by Gasteiger charge is -2.19. The number of halogens is 1. The highest BCUT2D eigenvalue weighted by molar-refractivity contribution is 7.99. The van der Waals surface area contributed by atoms with E-state index >= 15 is 0 Å². The van der Waals surface area contributed by atoms with E-state index in [-0.39, 0.29) is 22.6 Å². The third-order valence-corrected chi connectivity index (χ3v) is 6.53. The monoisotopic (exact) mass is 517 g/mol. The van der Waals surface area contributed by atoms with Crippen LogP contribution in [0.1, 0.15) is 31.9 Å². The van der Waals surface area contributed by atoms with Gasteiger partial charge in [-0.2, -0.15) is 5.10 Å². The van der Waals surface area contributed by atoms with Crippen LogP contribution in [0.5, 0.6) is 5.75 Å². The molecule has 4 aromatic rings. The lowest BCUT2D eigenvalue weighted by atomic mass is 9.87. The molecule has 0 saturated heterocycles. The Morgan fingerprint density at radius 1 is 1.05 bits per heavy atom. The average Bonchev–Trinajstić information content (AvgIpc) is 3.32. The smallest absolute Gasteiger partial charge is 0.250 e. The minimum Gasteiger partial charge on any atom is -0.497 e. The van der Waals surface area contributed by atoms with Crippen molar-refractivity contribution in [2.45, 2.75) is 31.3 Å². The summed E-state index contributed by atoms with van der Waals surface area (Å²) in [6.45, 7) is 6.51. The predicted octanol–water partition coefficient (Wildman–Crippen LogP) is 5.62. The minimum absolute atomic E-state index is 0.0331. The van der Waals surface area contributed by atoms with Crippen molar-refractivity contribution in [2.24, 2.45) is 5.10 Å². The van der Waals surface area contributed by atoms with E-state index < -0.39 is 5.82 Å². The molecule has 0 unspecified atom stereocenters. The molecule has 3 aromatic carbocycles. The lowest BCUT2D eigenvalue weighted by Crippen LogP contribution is -2.20. The van der Waals surface area contributed by atoms with Crippen LogP contribution in [0.3, 0.4) is 0 Å². The number of nitrogens with zero attached hydrogens (tertiary/aromatic N) is 4. The fourth-order valence-electron chi connectivity index (χ4n) is 3.55. The van der Waals surface area contributed by atoms with Crippen molar-refractivity contribution in [1.82, 2.24) is 20.2 Å². The second-order valence-corrected chi connectivity index (χ2v) is 10.2. The van der Waals surface area contributed by atoms with Gasteiger partial charge < -0.3 is 4.74 Å². The topological polar surface area (TPSA) is 81.4 Å². The first-order chi connectivity index (χ1) is 17.8. The summed E-state index contributed by atoms with van der Waals surface area (Å²) in [5.74, 6) is 0.676. The van der Waals surface area contributed by atoms with E-state index in [0.717, 1.165) is 17.0 Å². The maximum absolute atomic E-state index is 13.7. The van der Waals surface area contributed by atoms with E-state index in [9.17, 15) is 9.18 Å². The molecule has 9 heteroatoms. The second kappa shape index (κ2) is 11.4. The summed E-state index contributed by atoms with van der Waals surface area (Å²) in [6.07, 6.45) is 1.27. The third kappa shape index (κ3) is 6.42. The van der Waals surface area contributed by atoms with Gasteiger partial charge in [0.1, 0.15) is 11.6 Å². The van der Waals surface area contributed by atoms with Gasteiger partial charge in [0.2, 0.25) is 0 Å². The molecular weight excluding hydrogens is 489 g/mol. The number of hydrogen-bond acceptors (Lipinski definition) is 6. The fraction of sp³-hybridized carbons (Fsp3) is 0.214. The Labute approximate surface area is 219 Å². The molecule has 190 valence electrons. The number of carbonyl (C=O) groups excluding carboxylic acids is 1. The summed E-state index contributed by atoms with van der Waals surface area (Å²) in [6, 6.07) is 22.0. The number of nitrogens with one attached hydrogen (secondary N) is 1. The summed E-state index contributed by atoms with van der Waals surface area (Å²) < 4.78 is 20.9. The van der Waals surface area contributed by atoms with Crippen molar-refractivity contribution in [3.63, 3.8) is 0 Å². The Kier molecular flexibility index (Phi) is 8.03. The number of hydrazone groups is 1. The van der Waals surface area contributed by atoms with Crippen LogP contribution in [0.25, 0.3) is 17.1 Å². The first kappa shape index (κ1) is 26.1. The number of rotatable bonds is 8. The van der Waals surface area contributed by atoms with Crippen LogP contribution in [0.2, 0.25) is 0 Å². The first-order valence-corrected chi connectivity index (χ1v) is 12.6. The highest BCUT2D eigenvalue weighted by atomic mass is 32.2. The van der Waals surface area contributed by atoms with Crippen LogP contribution >= 0.6 is 11.8 Å². The Balaban J connectivity index is 1.56. The third-order valence-electron chi connectivity index (χ3n) is 5.60.